The van der Waals surface area contributed by atoms with E-state index in [0.717, 1.165) is 16.8 Å². The normalized spacial score (nSPS) is 12.4. The maximum atomic E-state index is 9.78. The minimum absolute atomic E-state index is 0.318. The largest absolute Gasteiger partial charge is 0.491 e. The van der Waals surface area contributed by atoms with Crippen molar-refractivity contribution < 1.29 is 9.84 Å². The van der Waals surface area contributed by atoms with Crippen LogP contribution in [0, 0.1) is 0 Å². The first-order chi connectivity index (χ1) is 9.22. The molecule has 1 atom stereocenters. The van der Waals surface area contributed by atoms with Crippen molar-refractivity contribution in [3.05, 3.63) is 28.7 Å². The molecule has 2 N–H and O–H groups in total. The van der Waals surface area contributed by atoms with E-state index in [1.54, 1.807) is 0 Å². The molecule has 0 fully saturated rings. The summed E-state index contributed by atoms with van der Waals surface area (Å²) in [7, 11) is 0. The van der Waals surface area contributed by atoms with Crippen molar-refractivity contribution in [3.8, 4) is 5.75 Å². The molecule has 0 spiro atoms. The first-order valence-electron chi connectivity index (χ1n) is 6.99. The standard InChI is InChI=1S/C15H24BrNO2/c1-2-3-4-5-9-17-11-14(18)12-19-15-8-6-7-13(16)10-15/h6-8,10,14,17-18H,2-5,9,11-12H2,1H3. The Balaban J connectivity index is 2.06. The van der Waals surface area contributed by atoms with E-state index < -0.39 is 6.10 Å². The highest BCUT2D eigenvalue weighted by atomic mass is 79.9. The number of hydrogen-bond acceptors (Lipinski definition) is 3. The number of unbranched alkanes of at least 4 members (excludes halogenated alkanes) is 3. The van der Waals surface area contributed by atoms with Crippen molar-refractivity contribution in [2.45, 2.75) is 38.7 Å². The average molecular weight is 330 g/mol. The lowest BCUT2D eigenvalue weighted by atomic mass is 10.2. The van der Waals surface area contributed by atoms with Crippen molar-refractivity contribution in [1.29, 1.82) is 0 Å². The predicted octanol–water partition coefficient (Wildman–Crippen LogP) is 3.36. The van der Waals surface area contributed by atoms with Crippen molar-refractivity contribution in [3.63, 3.8) is 0 Å². The summed E-state index contributed by atoms with van der Waals surface area (Å²) in [5, 5.41) is 13.0. The molecule has 1 aromatic carbocycles. The number of ether oxygens (including phenoxy) is 1. The molecule has 0 aliphatic heterocycles. The number of aliphatic hydroxyl groups excluding tert-OH is 1. The van der Waals surface area contributed by atoms with Crippen LogP contribution in [0.1, 0.15) is 32.6 Å². The van der Waals surface area contributed by atoms with Crippen molar-refractivity contribution in [2.75, 3.05) is 19.7 Å². The molecule has 19 heavy (non-hydrogen) atoms. The van der Waals surface area contributed by atoms with Crippen LogP contribution in [-0.4, -0.2) is 30.9 Å². The molecule has 0 aliphatic rings. The summed E-state index contributed by atoms with van der Waals surface area (Å²) >= 11 is 3.39. The minimum atomic E-state index is -0.467. The predicted molar refractivity (Wildman–Crippen MR) is 82.7 cm³/mol. The van der Waals surface area contributed by atoms with E-state index in [1.165, 1.54) is 25.7 Å². The third kappa shape index (κ3) is 8.24. The molecule has 0 radical (unpaired) electrons. The van der Waals surface area contributed by atoms with Gasteiger partial charge in [-0.25, -0.2) is 0 Å². The van der Waals surface area contributed by atoms with Gasteiger partial charge in [0, 0.05) is 11.0 Å². The van der Waals surface area contributed by atoms with E-state index in [1.807, 2.05) is 24.3 Å². The molecule has 0 saturated heterocycles. The topological polar surface area (TPSA) is 41.5 Å². The summed E-state index contributed by atoms with van der Waals surface area (Å²) in [6, 6.07) is 7.64. The monoisotopic (exact) mass is 329 g/mol. The van der Waals surface area contributed by atoms with E-state index >= 15 is 0 Å². The number of benzene rings is 1. The smallest absolute Gasteiger partial charge is 0.120 e. The second kappa shape index (κ2) is 10.2. The third-order valence-electron chi connectivity index (χ3n) is 2.83. The molecule has 3 nitrogen and oxygen atoms in total. The number of nitrogens with one attached hydrogen (secondary N) is 1. The van der Waals surface area contributed by atoms with E-state index in [0.29, 0.717) is 13.2 Å². The zero-order chi connectivity index (χ0) is 13.9. The lowest BCUT2D eigenvalue weighted by Gasteiger charge is -2.13. The van der Waals surface area contributed by atoms with Gasteiger partial charge in [0.15, 0.2) is 0 Å². The highest BCUT2D eigenvalue weighted by Crippen LogP contribution is 2.17. The third-order valence-corrected chi connectivity index (χ3v) is 3.32. The molecule has 0 bridgehead atoms. The number of rotatable bonds is 10. The molecule has 1 aromatic rings. The van der Waals surface area contributed by atoms with Crippen LogP contribution in [0.15, 0.2) is 28.7 Å². The number of hydrogen-bond donors (Lipinski definition) is 2. The molecule has 0 saturated carbocycles. The van der Waals surface area contributed by atoms with Gasteiger partial charge in [0.1, 0.15) is 18.5 Å². The Bertz CT molecular complexity index is 347. The molecule has 0 aromatic heterocycles. The molecular weight excluding hydrogens is 306 g/mol. The van der Waals surface area contributed by atoms with Crippen molar-refractivity contribution >= 4 is 15.9 Å². The summed E-state index contributed by atoms with van der Waals surface area (Å²) in [5.74, 6) is 0.774. The van der Waals surface area contributed by atoms with Crippen LogP contribution in [0.3, 0.4) is 0 Å². The zero-order valence-corrected chi connectivity index (χ0v) is 13.2. The highest BCUT2D eigenvalue weighted by molar-refractivity contribution is 9.10. The zero-order valence-electron chi connectivity index (χ0n) is 11.6. The summed E-state index contributed by atoms with van der Waals surface area (Å²) < 4.78 is 6.50. The van der Waals surface area contributed by atoms with Crippen molar-refractivity contribution in [1.82, 2.24) is 5.32 Å². The van der Waals surface area contributed by atoms with Crippen LogP contribution < -0.4 is 10.1 Å². The van der Waals surface area contributed by atoms with Crippen LogP contribution >= 0.6 is 15.9 Å². The van der Waals surface area contributed by atoms with Gasteiger partial charge < -0.3 is 15.2 Å². The highest BCUT2D eigenvalue weighted by Gasteiger charge is 2.04. The van der Waals surface area contributed by atoms with Crippen LogP contribution in [0.5, 0.6) is 5.75 Å². The van der Waals surface area contributed by atoms with Gasteiger partial charge in [-0.3, -0.25) is 0 Å². The maximum absolute atomic E-state index is 9.78. The Morgan fingerprint density at radius 1 is 1.32 bits per heavy atom. The summed E-state index contributed by atoms with van der Waals surface area (Å²) in [6.45, 7) is 4.07. The number of halogens is 1. The second-order valence-corrected chi connectivity index (χ2v) is 5.60. The van der Waals surface area contributed by atoms with Crippen molar-refractivity contribution in [2.24, 2.45) is 0 Å². The van der Waals surface area contributed by atoms with E-state index in [9.17, 15) is 5.11 Å². The first-order valence-corrected chi connectivity index (χ1v) is 7.79. The fraction of sp³-hybridized carbons (Fsp3) is 0.600. The Hall–Kier alpha value is -0.580. The first kappa shape index (κ1) is 16.5. The van der Waals surface area contributed by atoms with Gasteiger partial charge in [0.25, 0.3) is 0 Å². The van der Waals surface area contributed by atoms with Gasteiger partial charge in [-0.2, -0.15) is 0 Å². The molecule has 108 valence electrons. The van der Waals surface area contributed by atoms with Gasteiger partial charge >= 0.3 is 0 Å². The van der Waals surface area contributed by atoms with Crippen LogP contribution in [0.4, 0.5) is 0 Å². The van der Waals surface area contributed by atoms with E-state index in [-0.39, 0.29) is 0 Å². The Kier molecular flexibility index (Phi) is 8.88. The fourth-order valence-corrected chi connectivity index (χ4v) is 2.13. The van der Waals surface area contributed by atoms with E-state index in [4.69, 9.17) is 4.74 Å². The van der Waals surface area contributed by atoms with Gasteiger partial charge in [-0.05, 0) is 31.2 Å². The minimum Gasteiger partial charge on any atom is -0.491 e. The Morgan fingerprint density at radius 3 is 2.89 bits per heavy atom. The molecular formula is C15H24BrNO2. The fourth-order valence-electron chi connectivity index (χ4n) is 1.75. The molecule has 1 rings (SSSR count). The SMILES string of the molecule is CCCCCCNCC(O)COc1cccc(Br)c1. The van der Waals surface area contributed by atoms with Crippen LogP contribution in [0.2, 0.25) is 0 Å². The lowest BCUT2D eigenvalue weighted by Crippen LogP contribution is -2.32. The summed E-state index contributed by atoms with van der Waals surface area (Å²) in [4.78, 5) is 0. The average Bonchev–Trinajstić information content (AvgIpc) is 2.40. The second-order valence-electron chi connectivity index (χ2n) is 4.69. The molecule has 0 aliphatic carbocycles. The number of aliphatic hydroxyl groups is 1. The van der Waals surface area contributed by atoms with Gasteiger partial charge in [0.05, 0.1) is 0 Å². The summed E-state index contributed by atoms with van der Waals surface area (Å²) in [6.07, 6.45) is 4.51. The molecule has 0 heterocycles. The molecule has 4 heteroatoms. The van der Waals surface area contributed by atoms with Gasteiger partial charge in [0.2, 0.25) is 0 Å². The van der Waals surface area contributed by atoms with Crippen LogP contribution in [0.25, 0.3) is 0 Å². The maximum Gasteiger partial charge on any atom is 0.120 e. The van der Waals surface area contributed by atoms with Gasteiger partial charge in [-0.15, -0.1) is 0 Å². The Morgan fingerprint density at radius 2 is 2.16 bits per heavy atom. The van der Waals surface area contributed by atoms with E-state index in [2.05, 4.69) is 28.2 Å². The van der Waals surface area contributed by atoms with Crippen LogP contribution in [-0.2, 0) is 0 Å². The Labute approximate surface area is 124 Å². The molecule has 1 unspecified atom stereocenters. The molecule has 0 amide bonds. The lowest BCUT2D eigenvalue weighted by molar-refractivity contribution is 0.106. The quantitative estimate of drug-likeness (QED) is 0.647. The van der Waals surface area contributed by atoms with Gasteiger partial charge in [-0.1, -0.05) is 48.2 Å². The summed E-state index contributed by atoms with van der Waals surface area (Å²) in [5.41, 5.74) is 0.